The van der Waals surface area contributed by atoms with Crippen LogP contribution < -0.4 is 0 Å². The molecule has 3 heteroatoms. The predicted molar refractivity (Wildman–Crippen MR) is 56.4 cm³/mol. The molecule has 0 aliphatic rings. The third-order valence-electron chi connectivity index (χ3n) is 2.24. The molecule has 0 bridgehead atoms. The molecule has 0 heterocycles. The van der Waals surface area contributed by atoms with Gasteiger partial charge in [0.05, 0.1) is 5.92 Å². The van der Waals surface area contributed by atoms with Gasteiger partial charge in [0, 0.05) is 13.2 Å². The van der Waals surface area contributed by atoms with Gasteiger partial charge >= 0.3 is 5.97 Å². The molecule has 0 amide bonds. The zero-order chi connectivity index (χ0) is 10.8. The average Bonchev–Trinajstić information content (AvgIpc) is 2.15. The van der Waals surface area contributed by atoms with Crippen molar-refractivity contribution in [3.63, 3.8) is 0 Å². The Labute approximate surface area is 86.5 Å². The van der Waals surface area contributed by atoms with Crippen molar-refractivity contribution in [1.82, 2.24) is 0 Å². The van der Waals surface area contributed by atoms with E-state index in [9.17, 15) is 4.79 Å². The molecule has 0 aliphatic carbocycles. The van der Waals surface area contributed by atoms with Crippen LogP contribution in [0.2, 0.25) is 0 Å². The van der Waals surface area contributed by atoms with Crippen LogP contribution in [0, 0.1) is 5.92 Å². The first-order valence-corrected chi connectivity index (χ1v) is 5.52. The molecular weight excluding hydrogens is 180 g/mol. The average molecular weight is 202 g/mol. The molecule has 0 spiro atoms. The minimum Gasteiger partial charge on any atom is -0.481 e. The summed E-state index contributed by atoms with van der Waals surface area (Å²) in [7, 11) is 0. The molecular formula is C11H22O3. The van der Waals surface area contributed by atoms with Crippen molar-refractivity contribution >= 4 is 5.97 Å². The lowest BCUT2D eigenvalue weighted by Crippen LogP contribution is -2.16. The summed E-state index contributed by atoms with van der Waals surface area (Å²) in [5, 5.41) is 8.85. The first kappa shape index (κ1) is 13.4. The Morgan fingerprint density at radius 1 is 1.21 bits per heavy atom. The van der Waals surface area contributed by atoms with Gasteiger partial charge < -0.3 is 9.84 Å². The van der Waals surface area contributed by atoms with Crippen LogP contribution in [0.1, 0.15) is 46.0 Å². The van der Waals surface area contributed by atoms with E-state index in [-0.39, 0.29) is 5.92 Å². The van der Waals surface area contributed by atoms with E-state index >= 15 is 0 Å². The lowest BCUT2D eigenvalue weighted by molar-refractivity contribution is -0.142. The highest BCUT2D eigenvalue weighted by atomic mass is 16.5. The van der Waals surface area contributed by atoms with Crippen LogP contribution in [-0.2, 0) is 9.53 Å². The van der Waals surface area contributed by atoms with Crippen LogP contribution in [0.15, 0.2) is 0 Å². The molecule has 1 unspecified atom stereocenters. The highest BCUT2D eigenvalue weighted by Crippen LogP contribution is 2.11. The van der Waals surface area contributed by atoms with Gasteiger partial charge in [0.1, 0.15) is 0 Å². The van der Waals surface area contributed by atoms with Crippen molar-refractivity contribution in [3.8, 4) is 0 Å². The molecule has 0 aromatic heterocycles. The molecule has 0 rings (SSSR count). The largest absolute Gasteiger partial charge is 0.481 e. The summed E-state index contributed by atoms with van der Waals surface area (Å²) in [5.74, 6) is -0.910. The number of carboxylic acid groups (broad SMARTS) is 1. The number of carboxylic acids is 1. The molecule has 0 saturated carbocycles. The van der Waals surface area contributed by atoms with Crippen LogP contribution in [0.5, 0.6) is 0 Å². The minimum atomic E-state index is -0.689. The smallest absolute Gasteiger partial charge is 0.306 e. The Bertz CT molecular complexity index is 145. The zero-order valence-electron chi connectivity index (χ0n) is 9.29. The van der Waals surface area contributed by atoms with Crippen LogP contribution in [-0.4, -0.2) is 24.3 Å². The topological polar surface area (TPSA) is 46.5 Å². The highest BCUT2D eigenvalue weighted by Gasteiger charge is 2.15. The second kappa shape index (κ2) is 9.00. The molecule has 0 radical (unpaired) electrons. The lowest BCUT2D eigenvalue weighted by Gasteiger charge is -2.10. The molecule has 0 saturated heterocycles. The van der Waals surface area contributed by atoms with E-state index in [1.807, 2.05) is 6.92 Å². The first-order chi connectivity index (χ1) is 6.72. The van der Waals surface area contributed by atoms with Crippen molar-refractivity contribution in [2.75, 3.05) is 13.2 Å². The number of hydrogen-bond donors (Lipinski definition) is 1. The summed E-state index contributed by atoms with van der Waals surface area (Å²) in [6.07, 6.45) is 4.51. The van der Waals surface area contributed by atoms with E-state index in [4.69, 9.17) is 9.84 Å². The third kappa shape index (κ3) is 6.89. The molecule has 0 aliphatic heterocycles. The van der Waals surface area contributed by atoms with Gasteiger partial charge in [0.25, 0.3) is 0 Å². The van der Waals surface area contributed by atoms with E-state index in [0.29, 0.717) is 13.0 Å². The fourth-order valence-corrected chi connectivity index (χ4v) is 1.31. The Hall–Kier alpha value is -0.570. The second-order valence-corrected chi connectivity index (χ2v) is 3.58. The molecule has 3 nitrogen and oxygen atoms in total. The quantitative estimate of drug-likeness (QED) is 0.585. The summed E-state index contributed by atoms with van der Waals surface area (Å²) >= 11 is 0. The van der Waals surface area contributed by atoms with Gasteiger partial charge in [-0.3, -0.25) is 4.79 Å². The summed E-state index contributed by atoms with van der Waals surface area (Å²) in [4.78, 5) is 10.8. The zero-order valence-corrected chi connectivity index (χ0v) is 9.29. The van der Waals surface area contributed by atoms with Crippen LogP contribution in [0.25, 0.3) is 0 Å². The maximum absolute atomic E-state index is 10.8. The van der Waals surface area contributed by atoms with Crippen molar-refractivity contribution < 1.29 is 14.6 Å². The van der Waals surface area contributed by atoms with Gasteiger partial charge in [0.2, 0.25) is 0 Å². The minimum absolute atomic E-state index is 0.221. The molecule has 0 aromatic carbocycles. The highest BCUT2D eigenvalue weighted by molar-refractivity contribution is 5.69. The monoisotopic (exact) mass is 202 g/mol. The number of rotatable bonds is 9. The molecule has 84 valence electrons. The third-order valence-corrected chi connectivity index (χ3v) is 2.24. The van der Waals surface area contributed by atoms with E-state index in [0.717, 1.165) is 32.3 Å². The van der Waals surface area contributed by atoms with Crippen molar-refractivity contribution in [2.24, 2.45) is 5.92 Å². The lowest BCUT2D eigenvalue weighted by atomic mass is 10.0. The summed E-state index contributed by atoms with van der Waals surface area (Å²) in [6.45, 7) is 5.46. The van der Waals surface area contributed by atoms with Gasteiger partial charge in [-0.2, -0.15) is 0 Å². The Morgan fingerprint density at radius 2 is 1.93 bits per heavy atom. The van der Waals surface area contributed by atoms with E-state index < -0.39 is 5.97 Å². The summed E-state index contributed by atoms with van der Waals surface area (Å²) in [5.41, 5.74) is 0. The number of aliphatic carboxylic acids is 1. The van der Waals surface area contributed by atoms with Gasteiger partial charge in [-0.1, -0.05) is 26.7 Å². The normalized spacial score (nSPS) is 12.7. The SMILES string of the molecule is CCCCOCCC(CCC)C(=O)O. The number of ether oxygens (including phenoxy) is 1. The fraction of sp³-hybridized carbons (Fsp3) is 0.909. The van der Waals surface area contributed by atoms with Crippen LogP contribution in [0.4, 0.5) is 0 Å². The fourth-order valence-electron chi connectivity index (χ4n) is 1.31. The maximum atomic E-state index is 10.8. The number of carbonyl (C=O) groups is 1. The second-order valence-electron chi connectivity index (χ2n) is 3.58. The molecule has 1 N–H and O–H groups in total. The van der Waals surface area contributed by atoms with Gasteiger partial charge in [0.15, 0.2) is 0 Å². The van der Waals surface area contributed by atoms with Crippen LogP contribution >= 0.6 is 0 Å². The number of unbranched alkanes of at least 4 members (excludes halogenated alkanes) is 1. The van der Waals surface area contributed by atoms with Crippen molar-refractivity contribution in [2.45, 2.75) is 46.0 Å². The molecule has 0 aromatic rings. The number of hydrogen-bond acceptors (Lipinski definition) is 2. The van der Waals surface area contributed by atoms with E-state index in [2.05, 4.69) is 6.92 Å². The van der Waals surface area contributed by atoms with Crippen molar-refractivity contribution in [1.29, 1.82) is 0 Å². The molecule has 14 heavy (non-hydrogen) atoms. The summed E-state index contributed by atoms with van der Waals surface area (Å²) in [6, 6.07) is 0. The standard InChI is InChI=1S/C11H22O3/c1-3-5-8-14-9-7-10(6-4-2)11(12)13/h10H,3-9H2,1-2H3,(H,12,13). The summed E-state index contributed by atoms with van der Waals surface area (Å²) < 4.78 is 5.34. The van der Waals surface area contributed by atoms with Gasteiger partial charge in [-0.25, -0.2) is 0 Å². The van der Waals surface area contributed by atoms with Gasteiger partial charge in [-0.05, 0) is 19.3 Å². The Morgan fingerprint density at radius 3 is 2.43 bits per heavy atom. The van der Waals surface area contributed by atoms with E-state index in [1.54, 1.807) is 0 Å². The molecule has 0 fully saturated rings. The van der Waals surface area contributed by atoms with E-state index in [1.165, 1.54) is 0 Å². The predicted octanol–water partition coefficient (Wildman–Crippen LogP) is 2.69. The Balaban J connectivity index is 3.46. The first-order valence-electron chi connectivity index (χ1n) is 5.52. The van der Waals surface area contributed by atoms with Crippen LogP contribution in [0.3, 0.4) is 0 Å². The van der Waals surface area contributed by atoms with Crippen molar-refractivity contribution in [3.05, 3.63) is 0 Å². The Kier molecular flexibility index (Phi) is 8.64. The maximum Gasteiger partial charge on any atom is 0.306 e. The molecule has 1 atom stereocenters. The van der Waals surface area contributed by atoms with Gasteiger partial charge in [-0.15, -0.1) is 0 Å².